The second kappa shape index (κ2) is 5.97. The van der Waals surface area contributed by atoms with Gasteiger partial charge in [0.25, 0.3) is 0 Å². The van der Waals surface area contributed by atoms with Gasteiger partial charge in [0.05, 0.1) is 11.5 Å². The van der Waals surface area contributed by atoms with Gasteiger partial charge in [-0.1, -0.05) is 36.4 Å². The lowest BCUT2D eigenvalue weighted by Crippen LogP contribution is -2.22. The molecule has 0 bridgehead atoms. The second-order valence-corrected chi connectivity index (χ2v) is 5.90. The molecule has 0 amide bonds. The molecule has 0 atom stereocenters. The zero-order chi connectivity index (χ0) is 18.3. The predicted octanol–water partition coefficient (Wildman–Crippen LogP) is 2.30. The van der Waals surface area contributed by atoms with Crippen molar-refractivity contribution in [2.24, 2.45) is 0 Å². The van der Waals surface area contributed by atoms with Crippen molar-refractivity contribution in [2.45, 2.75) is 0 Å². The highest BCUT2D eigenvalue weighted by atomic mass is 16.4. The number of carbonyl (C=O) groups excluding carboxylic acids is 3. The fourth-order valence-electron chi connectivity index (χ4n) is 3.08. The van der Waals surface area contributed by atoms with Crippen LogP contribution in [0.2, 0.25) is 0 Å². The van der Waals surface area contributed by atoms with Crippen LogP contribution in [0.5, 0.6) is 0 Å². The average molecular weight is 342 g/mol. The summed E-state index contributed by atoms with van der Waals surface area (Å²) in [5, 5.41) is 11.1. The highest BCUT2D eigenvalue weighted by molar-refractivity contribution is 6.41. The summed E-state index contributed by atoms with van der Waals surface area (Å²) in [6.07, 6.45) is 3.27. The minimum atomic E-state index is -1.27. The van der Waals surface area contributed by atoms with Crippen LogP contribution in [0.4, 0.5) is 0 Å². The van der Waals surface area contributed by atoms with Crippen LogP contribution in [0.25, 0.3) is 11.8 Å². The van der Waals surface area contributed by atoms with Crippen molar-refractivity contribution < 1.29 is 19.5 Å². The Labute approximate surface area is 148 Å². The van der Waals surface area contributed by atoms with Crippen LogP contribution in [-0.2, 0) is 0 Å². The van der Waals surface area contributed by atoms with Gasteiger partial charge in [0.2, 0.25) is 0 Å². The number of nitrogens with zero attached hydrogens (tertiary/aromatic N) is 1. The summed E-state index contributed by atoms with van der Waals surface area (Å²) in [7, 11) is 0. The molecule has 1 aliphatic carbocycles. The zero-order valence-corrected chi connectivity index (χ0v) is 13.5. The number of aromatic carboxylic acids is 1. The van der Waals surface area contributed by atoms with Gasteiger partial charge >= 0.3 is 0 Å². The Morgan fingerprint density at radius 3 is 2.23 bits per heavy atom. The number of aromatic nitrogens is 1. The number of benzene rings is 2. The van der Waals surface area contributed by atoms with Crippen molar-refractivity contribution >= 4 is 23.6 Å². The Bertz CT molecular complexity index is 1070. The van der Waals surface area contributed by atoms with E-state index in [2.05, 4.69) is 0 Å². The van der Waals surface area contributed by atoms with Crippen LogP contribution in [0.15, 0.2) is 72.4 Å². The molecule has 1 heterocycles. The van der Waals surface area contributed by atoms with E-state index in [-0.39, 0.29) is 22.7 Å². The van der Waals surface area contributed by atoms with Crippen LogP contribution < -0.4 is 5.11 Å². The van der Waals surface area contributed by atoms with E-state index in [9.17, 15) is 19.5 Å². The Kier molecular flexibility index (Phi) is 3.62. The van der Waals surface area contributed by atoms with Crippen LogP contribution in [0.3, 0.4) is 0 Å². The number of rotatable bonds is 3. The Morgan fingerprint density at radius 1 is 0.885 bits per heavy atom. The lowest BCUT2D eigenvalue weighted by atomic mass is 10.1. The summed E-state index contributed by atoms with van der Waals surface area (Å²) >= 11 is 0. The van der Waals surface area contributed by atoms with Gasteiger partial charge in [-0.15, -0.1) is 0 Å². The third-order valence-corrected chi connectivity index (χ3v) is 4.34. The minimum Gasteiger partial charge on any atom is -0.545 e. The standard InChI is InChI=1S/C21H13NO4/c23-19-16-8-1-2-9-17(16)20(24)18(19)12-15-7-4-10-22(15)14-6-3-5-13(11-14)21(25)26/h1-12H,(H,25,26)/p-1. The maximum absolute atomic E-state index is 12.5. The topological polar surface area (TPSA) is 79.2 Å². The molecular formula is C21H12NO4-. The van der Waals surface area contributed by atoms with Crippen molar-refractivity contribution in [3.63, 3.8) is 0 Å². The molecule has 4 rings (SSSR count). The van der Waals surface area contributed by atoms with Gasteiger partial charge < -0.3 is 14.5 Å². The predicted molar refractivity (Wildman–Crippen MR) is 93.2 cm³/mol. The molecule has 0 radical (unpaired) electrons. The first kappa shape index (κ1) is 15.8. The first-order valence-electron chi connectivity index (χ1n) is 7.95. The molecule has 0 saturated heterocycles. The Balaban J connectivity index is 1.79. The maximum atomic E-state index is 12.5. The fraction of sp³-hybridized carbons (Fsp3) is 0. The lowest BCUT2D eigenvalue weighted by Gasteiger charge is -2.10. The Hall–Kier alpha value is -3.73. The number of hydrogen-bond acceptors (Lipinski definition) is 4. The van der Waals surface area contributed by atoms with E-state index >= 15 is 0 Å². The fourth-order valence-corrected chi connectivity index (χ4v) is 3.08. The normalized spacial score (nSPS) is 13.0. The van der Waals surface area contributed by atoms with E-state index in [0.29, 0.717) is 22.5 Å². The molecule has 5 heteroatoms. The molecule has 1 aliphatic rings. The maximum Gasteiger partial charge on any atom is 0.197 e. The van der Waals surface area contributed by atoms with Crippen molar-refractivity contribution in [3.8, 4) is 5.69 Å². The summed E-state index contributed by atoms with van der Waals surface area (Å²) in [6.45, 7) is 0. The molecule has 2 aromatic carbocycles. The third-order valence-electron chi connectivity index (χ3n) is 4.34. The Morgan fingerprint density at radius 2 is 1.58 bits per heavy atom. The largest absolute Gasteiger partial charge is 0.545 e. The van der Waals surface area contributed by atoms with Gasteiger partial charge in [-0.2, -0.15) is 0 Å². The van der Waals surface area contributed by atoms with E-state index in [1.807, 2.05) is 0 Å². The molecule has 0 unspecified atom stereocenters. The molecule has 0 aliphatic heterocycles. The number of carbonyl (C=O) groups is 3. The van der Waals surface area contributed by atoms with Crippen LogP contribution >= 0.6 is 0 Å². The van der Waals surface area contributed by atoms with E-state index in [1.54, 1.807) is 59.3 Å². The van der Waals surface area contributed by atoms with Crippen molar-refractivity contribution in [1.29, 1.82) is 0 Å². The summed E-state index contributed by atoms with van der Waals surface area (Å²) < 4.78 is 1.71. The molecular weight excluding hydrogens is 330 g/mol. The van der Waals surface area contributed by atoms with E-state index < -0.39 is 5.97 Å². The number of Topliss-reactive ketones (excluding diaryl/α,β-unsaturated/α-hetero) is 2. The SMILES string of the molecule is O=C([O-])c1cccc(-n2cccc2C=C2C(=O)c3ccccc3C2=O)c1. The quantitative estimate of drug-likeness (QED) is 0.540. The van der Waals surface area contributed by atoms with Crippen LogP contribution in [-0.4, -0.2) is 22.1 Å². The average Bonchev–Trinajstić information content (AvgIpc) is 3.21. The van der Waals surface area contributed by atoms with Gasteiger partial charge in [0.1, 0.15) is 0 Å². The van der Waals surface area contributed by atoms with E-state index in [1.165, 1.54) is 18.2 Å². The molecule has 26 heavy (non-hydrogen) atoms. The van der Waals surface area contributed by atoms with Gasteiger partial charge in [0, 0.05) is 28.7 Å². The lowest BCUT2D eigenvalue weighted by molar-refractivity contribution is -0.255. The molecule has 3 aromatic rings. The highest BCUT2D eigenvalue weighted by Crippen LogP contribution is 2.28. The molecule has 0 N–H and O–H groups in total. The van der Waals surface area contributed by atoms with Crippen LogP contribution in [0.1, 0.15) is 36.8 Å². The van der Waals surface area contributed by atoms with E-state index in [0.717, 1.165) is 0 Å². The summed E-state index contributed by atoms with van der Waals surface area (Å²) in [4.78, 5) is 36.2. The van der Waals surface area contributed by atoms with E-state index in [4.69, 9.17) is 0 Å². The monoisotopic (exact) mass is 342 g/mol. The first-order chi connectivity index (χ1) is 12.6. The molecule has 0 spiro atoms. The number of hydrogen-bond donors (Lipinski definition) is 0. The van der Waals surface area contributed by atoms with Gasteiger partial charge in [0.15, 0.2) is 11.6 Å². The number of carboxylic acids is 1. The summed E-state index contributed by atoms with van der Waals surface area (Å²) in [5.74, 6) is -1.88. The van der Waals surface area contributed by atoms with Crippen LogP contribution in [0, 0.1) is 0 Å². The van der Waals surface area contributed by atoms with Crippen molar-refractivity contribution in [1.82, 2.24) is 4.57 Å². The molecule has 1 aromatic heterocycles. The second-order valence-electron chi connectivity index (χ2n) is 5.90. The zero-order valence-electron chi connectivity index (χ0n) is 13.5. The van der Waals surface area contributed by atoms with Crippen molar-refractivity contribution in [2.75, 3.05) is 0 Å². The van der Waals surface area contributed by atoms with Gasteiger partial charge in [-0.05, 0) is 35.9 Å². The van der Waals surface area contributed by atoms with Crippen molar-refractivity contribution in [3.05, 3.63) is 94.8 Å². The minimum absolute atomic E-state index is 0.0511. The molecule has 5 nitrogen and oxygen atoms in total. The molecule has 0 saturated carbocycles. The first-order valence-corrected chi connectivity index (χ1v) is 7.95. The van der Waals surface area contributed by atoms with Gasteiger partial charge in [-0.3, -0.25) is 9.59 Å². The number of carboxylic acid groups (broad SMARTS) is 1. The number of allylic oxidation sites excluding steroid dienone is 1. The number of ketones is 2. The highest BCUT2D eigenvalue weighted by Gasteiger charge is 2.32. The molecule has 0 fully saturated rings. The number of fused-ring (bicyclic) bond motifs is 1. The smallest absolute Gasteiger partial charge is 0.197 e. The summed E-state index contributed by atoms with van der Waals surface area (Å²) in [5.41, 5.74) is 2.16. The van der Waals surface area contributed by atoms with Gasteiger partial charge in [-0.25, -0.2) is 0 Å². The summed E-state index contributed by atoms with van der Waals surface area (Å²) in [6, 6.07) is 16.5. The molecule has 126 valence electrons. The third kappa shape index (κ3) is 2.46.